The fourth-order valence-corrected chi connectivity index (χ4v) is 6.34. The molecule has 3 nitrogen and oxygen atoms in total. The van der Waals surface area contributed by atoms with Crippen LogP contribution in [-0.4, -0.2) is 24.3 Å². The van der Waals surface area contributed by atoms with Gasteiger partial charge in [-0.3, -0.25) is 0 Å². The second kappa shape index (κ2) is 8.91. The van der Waals surface area contributed by atoms with Crippen molar-refractivity contribution >= 4 is 5.97 Å². The van der Waals surface area contributed by atoms with Gasteiger partial charge in [-0.1, -0.05) is 60.0 Å². The van der Waals surface area contributed by atoms with Crippen LogP contribution in [0.15, 0.2) is 12.2 Å². The Balaban J connectivity index is 1.95. The molecule has 0 aromatic rings. The molecule has 2 saturated carbocycles. The molecule has 150 valence electrons. The minimum absolute atomic E-state index is 0.0827. The number of methoxy groups -OCH3 is 1. The van der Waals surface area contributed by atoms with Crippen molar-refractivity contribution in [3.8, 4) is 0 Å². The van der Waals surface area contributed by atoms with Crippen LogP contribution in [0, 0.1) is 35.0 Å². The summed E-state index contributed by atoms with van der Waals surface area (Å²) < 4.78 is 4.72. The van der Waals surface area contributed by atoms with Gasteiger partial charge in [0.05, 0.1) is 18.8 Å². The molecule has 2 rings (SSSR count). The lowest BCUT2D eigenvalue weighted by Gasteiger charge is -2.46. The highest BCUT2D eigenvalue weighted by Crippen LogP contribution is 2.59. The number of aliphatic hydroxyl groups excluding tert-OH is 1. The summed E-state index contributed by atoms with van der Waals surface area (Å²) >= 11 is 0. The topological polar surface area (TPSA) is 46.5 Å². The Morgan fingerprint density at radius 3 is 2.62 bits per heavy atom. The fraction of sp³-hybridized carbons (Fsp3) is 0.870. The Bertz CT molecular complexity index is 500. The first-order valence-corrected chi connectivity index (χ1v) is 10.7. The Labute approximate surface area is 160 Å². The standard InChI is InChI=1S/C23H40O3/c1-7-18(21(24)17(4)22(25)26-6)11-10-16(3)20-13-12-19-15(2)9-8-14-23(19,20)5/h15-16,18-21,24H,4,7-14H2,1-3,5-6H3. The van der Waals surface area contributed by atoms with Gasteiger partial charge in [0.2, 0.25) is 0 Å². The highest BCUT2D eigenvalue weighted by molar-refractivity contribution is 5.88. The van der Waals surface area contributed by atoms with Gasteiger partial charge < -0.3 is 9.84 Å². The van der Waals surface area contributed by atoms with Crippen LogP contribution in [0.25, 0.3) is 0 Å². The first-order valence-electron chi connectivity index (χ1n) is 10.7. The third-order valence-electron chi connectivity index (χ3n) is 8.00. The molecule has 3 heteroatoms. The summed E-state index contributed by atoms with van der Waals surface area (Å²) in [7, 11) is 1.34. The molecule has 1 N–H and O–H groups in total. The summed E-state index contributed by atoms with van der Waals surface area (Å²) in [6.45, 7) is 13.2. The van der Waals surface area contributed by atoms with Crippen molar-refractivity contribution in [2.75, 3.05) is 7.11 Å². The number of hydrogen-bond acceptors (Lipinski definition) is 3. The van der Waals surface area contributed by atoms with E-state index in [1.165, 1.54) is 39.2 Å². The lowest BCUT2D eigenvalue weighted by atomic mass is 9.59. The second-order valence-electron chi connectivity index (χ2n) is 9.35. The van der Waals surface area contributed by atoms with Crippen molar-refractivity contribution in [3.05, 3.63) is 12.2 Å². The number of aliphatic hydroxyl groups is 1. The molecule has 0 saturated heterocycles. The maximum Gasteiger partial charge on any atom is 0.335 e. The lowest BCUT2D eigenvalue weighted by Crippen LogP contribution is -2.38. The van der Waals surface area contributed by atoms with Crippen LogP contribution in [0.1, 0.15) is 79.1 Å². The van der Waals surface area contributed by atoms with Crippen molar-refractivity contribution in [1.82, 2.24) is 0 Å². The third-order valence-corrected chi connectivity index (χ3v) is 8.00. The van der Waals surface area contributed by atoms with Gasteiger partial charge in [0.15, 0.2) is 0 Å². The zero-order valence-electron chi connectivity index (χ0n) is 17.6. The van der Waals surface area contributed by atoms with Crippen LogP contribution in [0.2, 0.25) is 0 Å². The van der Waals surface area contributed by atoms with E-state index in [0.717, 1.165) is 37.0 Å². The molecule has 7 atom stereocenters. The van der Waals surface area contributed by atoms with E-state index in [2.05, 4.69) is 34.3 Å². The number of carbonyl (C=O) groups excluding carboxylic acids is 1. The summed E-state index contributed by atoms with van der Waals surface area (Å²) in [5.74, 6) is 2.83. The first kappa shape index (κ1) is 21.5. The molecule has 0 aromatic heterocycles. The number of carbonyl (C=O) groups is 1. The minimum atomic E-state index is -0.790. The van der Waals surface area contributed by atoms with Crippen molar-refractivity contribution < 1.29 is 14.6 Å². The Kier molecular flexibility index (Phi) is 7.35. The van der Waals surface area contributed by atoms with Crippen LogP contribution in [0.4, 0.5) is 0 Å². The number of rotatable bonds is 8. The molecule has 0 spiro atoms. The molecular weight excluding hydrogens is 324 g/mol. The summed E-state index contributed by atoms with van der Waals surface area (Å²) in [5.41, 5.74) is 0.702. The Hall–Kier alpha value is -0.830. The lowest BCUT2D eigenvalue weighted by molar-refractivity contribution is -0.137. The van der Waals surface area contributed by atoms with Crippen molar-refractivity contribution in [2.24, 2.45) is 35.0 Å². The molecule has 26 heavy (non-hydrogen) atoms. The normalized spacial score (nSPS) is 34.6. The van der Waals surface area contributed by atoms with Gasteiger partial charge in [-0.2, -0.15) is 0 Å². The molecule has 0 aliphatic heterocycles. The maximum atomic E-state index is 11.7. The molecule has 0 amide bonds. The predicted octanol–water partition coefficient (Wildman–Crippen LogP) is 5.37. The smallest absolute Gasteiger partial charge is 0.335 e. The van der Waals surface area contributed by atoms with E-state index >= 15 is 0 Å². The monoisotopic (exact) mass is 364 g/mol. The Morgan fingerprint density at radius 1 is 1.31 bits per heavy atom. The van der Waals surface area contributed by atoms with Crippen molar-refractivity contribution in [3.63, 3.8) is 0 Å². The molecular formula is C23H40O3. The van der Waals surface area contributed by atoms with E-state index in [0.29, 0.717) is 11.3 Å². The zero-order chi connectivity index (χ0) is 19.5. The maximum absolute atomic E-state index is 11.7. The molecule has 0 heterocycles. The first-order chi connectivity index (χ1) is 12.3. The summed E-state index contributed by atoms with van der Waals surface area (Å²) in [6, 6.07) is 0. The number of ether oxygens (including phenoxy) is 1. The molecule has 0 bridgehead atoms. The fourth-order valence-electron chi connectivity index (χ4n) is 6.34. The zero-order valence-corrected chi connectivity index (χ0v) is 17.6. The highest BCUT2D eigenvalue weighted by Gasteiger charge is 2.51. The molecule has 0 radical (unpaired) electrons. The van der Waals surface area contributed by atoms with Crippen LogP contribution in [-0.2, 0) is 9.53 Å². The van der Waals surface area contributed by atoms with Gasteiger partial charge >= 0.3 is 5.97 Å². The molecule has 0 aromatic carbocycles. The minimum Gasteiger partial charge on any atom is -0.466 e. The van der Waals surface area contributed by atoms with E-state index < -0.39 is 12.1 Å². The van der Waals surface area contributed by atoms with E-state index in [1.807, 2.05) is 0 Å². The van der Waals surface area contributed by atoms with E-state index in [-0.39, 0.29) is 11.5 Å². The predicted molar refractivity (Wildman–Crippen MR) is 107 cm³/mol. The average Bonchev–Trinajstić information content (AvgIpc) is 2.98. The van der Waals surface area contributed by atoms with Gasteiger partial charge in [0, 0.05) is 0 Å². The second-order valence-corrected chi connectivity index (χ2v) is 9.35. The van der Waals surface area contributed by atoms with Crippen LogP contribution in [0.3, 0.4) is 0 Å². The molecule has 2 aliphatic rings. The summed E-state index contributed by atoms with van der Waals surface area (Å²) in [6.07, 6.45) is 9.05. The molecule has 7 unspecified atom stereocenters. The van der Waals surface area contributed by atoms with Crippen molar-refractivity contribution in [2.45, 2.75) is 85.2 Å². The van der Waals surface area contributed by atoms with Gasteiger partial charge in [-0.25, -0.2) is 4.79 Å². The van der Waals surface area contributed by atoms with Gasteiger partial charge in [0.1, 0.15) is 0 Å². The number of esters is 1. The summed E-state index contributed by atoms with van der Waals surface area (Å²) in [4.78, 5) is 11.7. The van der Waals surface area contributed by atoms with Crippen LogP contribution in [0.5, 0.6) is 0 Å². The highest BCUT2D eigenvalue weighted by atomic mass is 16.5. The van der Waals surface area contributed by atoms with E-state index in [4.69, 9.17) is 4.74 Å². The largest absolute Gasteiger partial charge is 0.466 e. The molecule has 2 aliphatic carbocycles. The van der Waals surface area contributed by atoms with Gasteiger partial charge in [-0.15, -0.1) is 0 Å². The van der Waals surface area contributed by atoms with Crippen molar-refractivity contribution in [1.29, 1.82) is 0 Å². The third kappa shape index (κ3) is 4.18. The SMILES string of the molecule is C=C(C(=O)OC)C(O)C(CC)CCC(C)C1CCC2C(C)CCCC21C. The van der Waals surface area contributed by atoms with Crippen LogP contribution >= 0.6 is 0 Å². The van der Waals surface area contributed by atoms with Gasteiger partial charge in [0.25, 0.3) is 0 Å². The quantitative estimate of drug-likeness (QED) is 0.465. The van der Waals surface area contributed by atoms with E-state index in [1.54, 1.807) is 0 Å². The average molecular weight is 365 g/mol. The Morgan fingerprint density at radius 2 is 2.00 bits per heavy atom. The number of fused-ring (bicyclic) bond motifs is 1. The molecule has 2 fully saturated rings. The van der Waals surface area contributed by atoms with E-state index in [9.17, 15) is 9.90 Å². The van der Waals surface area contributed by atoms with Crippen LogP contribution < -0.4 is 0 Å². The number of hydrogen-bond donors (Lipinski definition) is 1. The van der Waals surface area contributed by atoms with Gasteiger partial charge in [-0.05, 0) is 60.7 Å². The summed E-state index contributed by atoms with van der Waals surface area (Å²) in [5, 5.41) is 10.5.